The summed E-state index contributed by atoms with van der Waals surface area (Å²) in [6, 6.07) is 17.0. The first-order valence-electron chi connectivity index (χ1n) is 8.63. The van der Waals surface area contributed by atoms with Gasteiger partial charge in [0, 0.05) is 5.56 Å². The number of ether oxygens (including phenoxy) is 1. The predicted molar refractivity (Wildman–Crippen MR) is 99.7 cm³/mol. The summed E-state index contributed by atoms with van der Waals surface area (Å²) in [6.45, 7) is 8.81. The number of hydrogen-bond donors (Lipinski definition) is 0. The molecule has 132 valence electrons. The molecule has 0 aliphatic carbocycles. The fraction of sp³-hybridized carbons (Fsp3) is 0.364. The summed E-state index contributed by atoms with van der Waals surface area (Å²) in [5, 5.41) is 0. The van der Waals surface area contributed by atoms with Crippen LogP contribution in [0.3, 0.4) is 0 Å². The highest BCUT2D eigenvalue weighted by molar-refractivity contribution is 6.40. The molecule has 0 amide bonds. The number of benzene rings is 2. The lowest BCUT2D eigenvalue weighted by Crippen LogP contribution is -2.21. The smallest absolute Gasteiger partial charge is 0.379 e. The molecule has 2 aromatic carbocycles. The zero-order valence-electron chi connectivity index (χ0n) is 15.4. The van der Waals surface area contributed by atoms with Crippen LogP contribution in [0.5, 0.6) is 0 Å². The van der Waals surface area contributed by atoms with Crippen LogP contribution in [-0.4, -0.2) is 18.4 Å². The summed E-state index contributed by atoms with van der Waals surface area (Å²) in [7, 11) is 0. The molecule has 2 aromatic rings. The van der Waals surface area contributed by atoms with E-state index in [9.17, 15) is 9.59 Å². The Balaban J connectivity index is 1.85. The van der Waals surface area contributed by atoms with E-state index in [2.05, 4.69) is 45.0 Å². The molecule has 1 unspecified atom stereocenters. The molecule has 3 nitrogen and oxygen atoms in total. The van der Waals surface area contributed by atoms with Gasteiger partial charge in [0.15, 0.2) is 0 Å². The van der Waals surface area contributed by atoms with Crippen LogP contribution in [0.25, 0.3) is 0 Å². The molecule has 0 fully saturated rings. The van der Waals surface area contributed by atoms with Gasteiger partial charge in [-0.1, -0.05) is 82.3 Å². The second-order valence-corrected chi connectivity index (χ2v) is 7.55. The summed E-state index contributed by atoms with van der Waals surface area (Å²) in [4.78, 5) is 23.9. The van der Waals surface area contributed by atoms with Gasteiger partial charge in [-0.05, 0) is 28.9 Å². The Morgan fingerprint density at radius 2 is 1.56 bits per heavy atom. The SMILES string of the molecule is CC(COC(=O)C(=O)c1ccccc1)Cc1ccc(C(C)(C)C)cc1. The lowest BCUT2D eigenvalue weighted by molar-refractivity contribution is -0.139. The lowest BCUT2D eigenvalue weighted by atomic mass is 9.86. The number of Topliss-reactive ketones (excluding diaryl/α,β-unsaturated/α-hetero) is 1. The maximum atomic E-state index is 12.0. The van der Waals surface area contributed by atoms with E-state index < -0.39 is 11.8 Å². The van der Waals surface area contributed by atoms with Crippen molar-refractivity contribution in [2.24, 2.45) is 5.92 Å². The van der Waals surface area contributed by atoms with E-state index in [1.165, 1.54) is 11.1 Å². The van der Waals surface area contributed by atoms with Crippen LogP contribution in [0, 0.1) is 5.92 Å². The number of carbonyl (C=O) groups is 2. The Kier molecular flexibility index (Phi) is 6.13. The number of hydrogen-bond acceptors (Lipinski definition) is 3. The van der Waals surface area contributed by atoms with Gasteiger partial charge in [0.1, 0.15) is 0 Å². The van der Waals surface area contributed by atoms with E-state index in [1.54, 1.807) is 30.3 Å². The highest BCUT2D eigenvalue weighted by Gasteiger charge is 2.19. The van der Waals surface area contributed by atoms with Crippen molar-refractivity contribution >= 4 is 11.8 Å². The van der Waals surface area contributed by atoms with Crippen LogP contribution in [-0.2, 0) is 21.4 Å². The number of rotatable bonds is 6. The maximum Gasteiger partial charge on any atom is 0.379 e. The third-order valence-corrected chi connectivity index (χ3v) is 4.12. The highest BCUT2D eigenvalue weighted by Crippen LogP contribution is 2.23. The minimum absolute atomic E-state index is 0.136. The van der Waals surface area contributed by atoms with E-state index >= 15 is 0 Å². The Morgan fingerprint density at radius 1 is 0.960 bits per heavy atom. The first-order chi connectivity index (χ1) is 11.8. The predicted octanol–water partition coefficient (Wildman–Crippen LogP) is 4.59. The molecule has 2 rings (SSSR count). The van der Waals surface area contributed by atoms with Crippen LogP contribution in [0.1, 0.15) is 49.2 Å². The maximum absolute atomic E-state index is 12.0. The molecule has 0 radical (unpaired) electrons. The van der Waals surface area contributed by atoms with Crippen LogP contribution < -0.4 is 0 Å². The van der Waals surface area contributed by atoms with Gasteiger partial charge in [0.2, 0.25) is 0 Å². The van der Waals surface area contributed by atoms with Gasteiger partial charge in [-0.2, -0.15) is 0 Å². The first-order valence-corrected chi connectivity index (χ1v) is 8.63. The van der Waals surface area contributed by atoms with Crippen molar-refractivity contribution in [3.05, 3.63) is 71.3 Å². The molecule has 0 aromatic heterocycles. The molecule has 0 aliphatic heterocycles. The van der Waals surface area contributed by atoms with Crippen molar-refractivity contribution in [1.29, 1.82) is 0 Å². The molecule has 0 aliphatic rings. The van der Waals surface area contributed by atoms with E-state index in [0.717, 1.165) is 6.42 Å². The molecule has 0 saturated carbocycles. The fourth-order valence-electron chi connectivity index (χ4n) is 2.59. The lowest BCUT2D eigenvalue weighted by Gasteiger charge is -2.19. The largest absolute Gasteiger partial charge is 0.459 e. The van der Waals surface area contributed by atoms with Crippen LogP contribution in [0.2, 0.25) is 0 Å². The Bertz CT molecular complexity index is 709. The summed E-state index contributed by atoms with van der Waals surface area (Å²) in [5.41, 5.74) is 2.99. The van der Waals surface area contributed by atoms with Crippen molar-refractivity contribution in [3.63, 3.8) is 0 Å². The third kappa shape index (κ3) is 5.56. The second kappa shape index (κ2) is 8.11. The molecule has 0 N–H and O–H groups in total. The quantitative estimate of drug-likeness (QED) is 0.439. The second-order valence-electron chi connectivity index (χ2n) is 7.55. The Labute approximate surface area is 150 Å². The molecule has 25 heavy (non-hydrogen) atoms. The normalized spacial score (nSPS) is 12.5. The zero-order valence-corrected chi connectivity index (χ0v) is 15.4. The van der Waals surface area contributed by atoms with Crippen molar-refractivity contribution in [2.45, 2.75) is 39.5 Å². The van der Waals surface area contributed by atoms with Crippen LogP contribution in [0.15, 0.2) is 54.6 Å². The summed E-state index contributed by atoms with van der Waals surface area (Å²) in [5.74, 6) is -1.24. The molecular weight excluding hydrogens is 312 g/mol. The summed E-state index contributed by atoms with van der Waals surface area (Å²) < 4.78 is 5.18. The monoisotopic (exact) mass is 338 g/mol. The van der Waals surface area contributed by atoms with Crippen molar-refractivity contribution < 1.29 is 14.3 Å². The van der Waals surface area contributed by atoms with Gasteiger partial charge in [-0.25, -0.2) is 4.79 Å². The van der Waals surface area contributed by atoms with Gasteiger partial charge in [-0.3, -0.25) is 4.79 Å². The topological polar surface area (TPSA) is 43.4 Å². The first kappa shape index (κ1) is 18.9. The van der Waals surface area contributed by atoms with Crippen LogP contribution >= 0.6 is 0 Å². The van der Waals surface area contributed by atoms with Gasteiger partial charge in [0.05, 0.1) is 6.61 Å². The molecule has 0 bridgehead atoms. The molecule has 3 heteroatoms. The van der Waals surface area contributed by atoms with E-state index in [0.29, 0.717) is 5.56 Å². The fourth-order valence-corrected chi connectivity index (χ4v) is 2.59. The van der Waals surface area contributed by atoms with Crippen molar-refractivity contribution in [2.75, 3.05) is 6.61 Å². The zero-order chi connectivity index (χ0) is 18.4. The van der Waals surface area contributed by atoms with Crippen LogP contribution in [0.4, 0.5) is 0 Å². The average molecular weight is 338 g/mol. The average Bonchev–Trinajstić information content (AvgIpc) is 2.59. The van der Waals surface area contributed by atoms with Gasteiger partial charge < -0.3 is 4.74 Å². The minimum atomic E-state index is -0.791. The summed E-state index contributed by atoms with van der Waals surface area (Å²) in [6.07, 6.45) is 0.803. The molecule has 0 saturated heterocycles. The standard InChI is InChI=1S/C22H26O3/c1-16(14-17-10-12-19(13-11-17)22(2,3)4)15-25-21(24)20(23)18-8-6-5-7-9-18/h5-13,16H,14-15H2,1-4H3. The molecule has 0 heterocycles. The highest BCUT2D eigenvalue weighted by atomic mass is 16.5. The van der Waals surface area contributed by atoms with E-state index in [1.807, 2.05) is 6.92 Å². The third-order valence-electron chi connectivity index (χ3n) is 4.12. The van der Waals surface area contributed by atoms with Crippen molar-refractivity contribution in [3.8, 4) is 0 Å². The summed E-state index contributed by atoms with van der Waals surface area (Å²) >= 11 is 0. The van der Waals surface area contributed by atoms with Gasteiger partial charge in [0.25, 0.3) is 5.78 Å². The Hall–Kier alpha value is -2.42. The van der Waals surface area contributed by atoms with Gasteiger partial charge >= 0.3 is 5.97 Å². The Morgan fingerprint density at radius 3 is 2.12 bits per heavy atom. The molecular formula is C22H26O3. The molecule has 1 atom stereocenters. The van der Waals surface area contributed by atoms with Crippen molar-refractivity contribution in [1.82, 2.24) is 0 Å². The van der Waals surface area contributed by atoms with E-state index in [-0.39, 0.29) is 17.9 Å². The molecule has 0 spiro atoms. The minimum Gasteiger partial charge on any atom is -0.459 e. The number of ketones is 1. The van der Waals surface area contributed by atoms with E-state index in [4.69, 9.17) is 4.74 Å². The number of carbonyl (C=O) groups excluding carboxylic acids is 2. The number of esters is 1. The van der Waals surface area contributed by atoms with Gasteiger partial charge in [-0.15, -0.1) is 0 Å².